The standard InChI is InChI=1S/C29H46F2O/c1-3-5-6-9-22-12-14-23(15-13-22)10-7-8-11-24-16-18-25(19-17-24)26-20-21-27(32-4-2)29(31)28(26)30/h20-25H,3-19H2,1-2H3/t22-,23-,24?,25?. The lowest BCUT2D eigenvalue weighted by molar-refractivity contribution is 0.240. The van der Waals surface area contributed by atoms with E-state index in [0.717, 1.165) is 43.4 Å². The molecule has 1 nitrogen and oxygen atoms in total. The largest absolute Gasteiger partial charge is 0.491 e. The summed E-state index contributed by atoms with van der Waals surface area (Å²) < 4.78 is 34.0. The summed E-state index contributed by atoms with van der Waals surface area (Å²) in [5.41, 5.74) is 0.551. The summed E-state index contributed by atoms with van der Waals surface area (Å²) in [5.74, 6) is 1.45. The molecule has 0 heterocycles. The zero-order valence-electron chi connectivity index (χ0n) is 20.6. The van der Waals surface area contributed by atoms with Crippen LogP contribution in [0.1, 0.15) is 128 Å². The van der Waals surface area contributed by atoms with Gasteiger partial charge in [-0.3, -0.25) is 0 Å². The Morgan fingerprint density at radius 1 is 0.688 bits per heavy atom. The maximum Gasteiger partial charge on any atom is 0.200 e. The Kier molecular flexibility index (Phi) is 10.8. The van der Waals surface area contributed by atoms with Crippen LogP contribution in [0, 0.1) is 29.4 Å². The Bertz CT molecular complexity index is 657. The summed E-state index contributed by atoms with van der Waals surface area (Å²) in [6.07, 6.45) is 21.3. The van der Waals surface area contributed by atoms with E-state index in [2.05, 4.69) is 6.92 Å². The van der Waals surface area contributed by atoms with Crippen molar-refractivity contribution in [3.63, 3.8) is 0 Å². The highest BCUT2D eigenvalue weighted by atomic mass is 19.2. The summed E-state index contributed by atoms with van der Waals surface area (Å²) in [4.78, 5) is 0. The second-order valence-electron chi connectivity index (χ2n) is 10.6. The summed E-state index contributed by atoms with van der Waals surface area (Å²) in [6.45, 7) is 4.43. The molecule has 3 heteroatoms. The first-order valence-corrected chi connectivity index (χ1v) is 13.7. The zero-order chi connectivity index (χ0) is 22.8. The molecule has 0 spiro atoms. The third-order valence-corrected chi connectivity index (χ3v) is 8.32. The molecule has 0 aromatic heterocycles. The van der Waals surface area contributed by atoms with Crippen LogP contribution in [0.5, 0.6) is 5.75 Å². The van der Waals surface area contributed by atoms with Crippen LogP contribution in [-0.2, 0) is 0 Å². The molecule has 0 aliphatic heterocycles. The van der Waals surface area contributed by atoms with E-state index in [9.17, 15) is 8.78 Å². The van der Waals surface area contributed by atoms with Crippen molar-refractivity contribution in [2.75, 3.05) is 6.61 Å². The van der Waals surface area contributed by atoms with Gasteiger partial charge in [-0.2, -0.15) is 4.39 Å². The minimum absolute atomic E-state index is 0.0346. The molecule has 3 rings (SSSR count). The first-order valence-electron chi connectivity index (χ1n) is 13.7. The lowest BCUT2D eigenvalue weighted by Crippen LogP contribution is -2.16. The van der Waals surface area contributed by atoms with Crippen LogP contribution >= 0.6 is 0 Å². The Balaban J connectivity index is 1.30. The van der Waals surface area contributed by atoms with Gasteiger partial charge in [0, 0.05) is 0 Å². The van der Waals surface area contributed by atoms with Crippen molar-refractivity contribution in [1.29, 1.82) is 0 Å². The van der Waals surface area contributed by atoms with Crippen LogP contribution in [0.25, 0.3) is 0 Å². The van der Waals surface area contributed by atoms with Gasteiger partial charge in [0.1, 0.15) is 0 Å². The molecule has 1 aromatic carbocycles. The Morgan fingerprint density at radius 3 is 1.69 bits per heavy atom. The zero-order valence-corrected chi connectivity index (χ0v) is 20.6. The molecule has 0 bridgehead atoms. The number of hydrogen-bond donors (Lipinski definition) is 0. The van der Waals surface area contributed by atoms with Crippen molar-refractivity contribution in [3.8, 4) is 5.75 Å². The summed E-state index contributed by atoms with van der Waals surface area (Å²) >= 11 is 0. The number of hydrogen-bond acceptors (Lipinski definition) is 1. The van der Waals surface area contributed by atoms with E-state index in [4.69, 9.17) is 4.74 Å². The number of rotatable bonds is 12. The molecule has 2 aliphatic rings. The summed E-state index contributed by atoms with van der Waals surface area (Å²) in [6, 6.07) is 3.34. The van der Waals surface area contributed by atoms with Gasteiger partial charge in [-0.05, 0) is 67.9 Å². The molecule has 0 N–H and O–H groups in total. The number of unbranched alkanes of at least 4 members (excludes halogenated alkanes) is 3. The number of benzene rings is 1. The minimum Gasteiger partial charge on any atom is -0.491 e. The third kappa shape index (κ3) is 7.45. The SMILES string of the molecule is CCCCC[C@H]1CC[C@H](CCCCC2CCC(c3ccc(OCC)c(F)c3F)CC2)CC1. The minimum atomic E-state index is -0.818. The molecule has 1 aromatic rings. The van der Waals surface area contributed by atoms with Crippen LogP contribution < -0.4 is 4.74 Å². The molecule has 182 valence electrons. The number of halogens is 2. The van der Waals surface area contributed by atoms with Crippen LogP contribution in [0.15, 0.2) is 12.1 Å². The Morgan fingerprint density at radius 2 is 1.19 bits per heavy atom. The second-order valence-corrected chi connectivity index (χ2v) is 10.6. The molecule has 2 saturated carbocycles. The van der Waals surface area contributed by atoms with Gasteiger partial charge in [0.15, 0.2) is 11.6 Å². The van der Waals surface area contributed by atoms with Crippen molar-refractivity contribution >= 4 is 0 Å². The van der Waals surface area contributed by atoms with E-state index >= 15 is 0 Å². The van der Waals surface area contributed by atoms with Crippen molar-refractivity contribution < 1.29 is 13.5 Å². The maximum atomic E-state index is 14.5. The van der Waals surface area contributed by atoms with Gasteiger partial charge < -0.3 is 4.74 Å². The van der Waals surface area contributed by atoms with E-state index in [1.165, 1.54) is 77.0 Å². The average molecular weight is 449 g/mol. The van der Waals surface area contributed by atoms with Crippen LogP contribution in [0.2, 0.25) is 0 Å². The van der Waals surface area contributed by atoms with Crippen LogP contribution in [-0.4, -0.2) is 6.61 Å². The van der Waals surface area contributed by atoms with E-state index in [-0.39, 0.29) is 11.7 Å². The van der Waals surface area contributed by atoms with Crippen LogP contribution in [0.4, 0.5) is 8.78 Å². The lowest BCUT2D eigenvalue weighted by atomic mass is 9.76. The first-order chi connectivity index (χ1) is 15.6. The normalized spacial score (nSPS) is 26.2. The van der Waals surface area contributed by atoms with Gasteiger partial charge in [-0.25, -0.2) is 4.39 Å². The first kappa shape index (κ1) is 25.5. The van der Waals surface area contributed by atoms with Crippen molar-refractivity contribution in [3.05, 3.63) is 29.3 Å². The van der Waals surface area contributed by atoms with E-state index < -0.39 is 11.6 Å². The molecule has 0 amide bonds. The molecule has 0 saturated heterocycles. The highest BCUT2D eigenvalue weighted by Crippen LogP contribution is 2.40. The van der Waals surface area contributed by atoms with Crippen molar-refractivity contribution in [1.82, 2.24) is 0 Å². The molecule has 2 fully saturated rings. The van der Waals surface area contributed by atoms with Crippen molar-refractivity contribution in [2.45, 2.75) is 122 Å². The molecular formula is C29H46F2O. The van der Waals surface area contributed by atoms with Crippen molar-refractivity contribution in [2.24, 2.45) is 17.8 Å². The molecular weight excluding hydrogens is 402 g/mol. The Hall–Kier alpha value is -1.12. The molecule has 0 radical (unpaired) electrons. The highest BCUT2D eigenvalue weighted by molar-refractivity contribution is 5.33. The fraction of sp³-hybridized carbons (Fsp3) is 0.793. The molecule has 2 aliphatic carbocycles. The quantitative estimate of drug-likeness (QED) is 0.289. The fourth-order valence-electron chi connectivity index (χ4n) is 6.25. The van der Waals surface area contributed by atoms with Gasteiger partial charge in [0.2, 0.25) is 5.82 Å². The predicted octanol–water partition coefficient (Wildman–Crippen LogP) is 9.58. The van der Waals surface area contributed by atoms with Crippen LogP contribution in [0.3, 0.4) is 0 Å². The number of ether oxygens (including phenoxy) is 1. The summed E-state index contributed by atoms with van der Waals surface area (Å²) in [7, 11) is 0. The molecule has 0 unspecified atom stereocenters. The summed E-state index contributed by atoms with van der Waals surface area (Å²) in [5, 5.41) is 0. The second kappa shape index (κ2) is 13.6. The molecule has 0 atom stereocenters. The Labute approximate surface area is 195 Å². The molecule has 32 heavy (non-hydrogen) atoms. The van der Waals surface area contributed by atoms with Gasteiger partial charge in [-0.1, -0.05) is 90.0 Å². The smallest absolute Gasteiger partial charge is 0.200 e. The predicted molar refractivity (Wildman–Crippen MR) is 130 cm³/mol. The topological polar surface area (TPSA) is 9.23 Å². The van der Waals surface area contributed by atoms with E-state index in [1.807, 2.05) is 0 Å². The fourth-order valence-corrected chi connectivity index (χ4v) is 6.25. The highest BCUT2D eigenvalue weighted by Gasteiger charge is 2.27. The van der Waals surface area contributed by atoms with Gasteiger partial charge in [0.05, 0.1) is 6.61 Å². The van der Waals surface area contributed by atoms with Gasteiger partial charge >= 0.3 is 0 Å². The third-order valence-electron chi connectivity index (χ3n) is 8.32. The van der Waals surface area contributed by atoms with Gasteiger partial charge in [0.25, 0.3) is 0 Å². The lowest BCUT2D eigenvalue weighted by Gasteiger charge is -2.30. The van der Waals surface area contributed by atoms with E-state index in [0.29, 0.717) is 12.2 Å². The monoisotopic (exact) mass is 448 g/mol. The average Bonchev–Trinajstić information content (AvgIpc) is 2.82. The maximum absolute atomic E-state index is 14.5. The van der Waals surface area contributed by atoms with Gasteiger partial charge in [-0.15, -0.1) is 0 Å². The van der Waals surface area contributed by atoms with E-state index in [1.54, 1.807) is 19.1 Å².